The summed E-state index contributed by atoms with van der Waals surface area (Å²) in [5, 5.41) is 22.4. The van der Waals surface area contributed by atoms with Crippen LogP contribution < -0.4 is 11.5 Å². The van der Waals surface area contributed by atoms with Gasteiger partial charge in [0, 0.05) is 0 Å². The zero-order valence-corrected chi connectivity index (χ0v) is 21.9. The van der Waals surface area contributed by atoms with Crippen LogP contribution in [0.1, 0.15) is 12.5 Å². The predicted molar refractivity (Wildman–Crippen MR) is 135 cm³/mol. The summed E-state index contributed by atoms with van der Waals surface area (Å²) in [5.74, 6) is 0.282. The number of aliphatic hydroxyl groups is 2. The highest BCUT2D eigenvalue weighted by Gasteiger charge is 2.51. The molecular weight excluding hydrogens is 567 g/mol. The topological polar surface area (TPSA) is 263 Å². The summed E-state index contributed by atoms with van der Waals surface area (Å²) in [7, 11) is -4.38. The van der Waals surface area contributed by atoms with Gasteiger partial charge in [-0.05, 0) is 0 Å². The number of anilines is 2. The van der Waals surface area contributed by atoms with Crippen molar-refractivity contribution < 1.29 is 43.1 Å². The van der Waals surface area contributed by atoms with Crippen LogP contribution >= 0.6 is 7.60 Å². The van der Waals surface area contributed by atoms with E-state index in [0.717, 1.165) is 0 Å². The summed E-state index contributed by atoms with van der Waals surface area (Å²) in [6.07, 6.45) is -4.41. The van der Waals surface area contributed by atoms with Crippen LogP contribution in [0, 0.1) is 0 Å². The Morgan fingerprint density at radius 2 is 1.39 bits per heavy atom. The summed E-state index contributed by atoms with van der Waals surface area (Å²) in [4.78, 5) is 35.2. The molecule has 19 nitrogen and oxygen atoms in total. The quantitative estimate of drug-likeness (QED) is 0.162. The smallest absolute Gasteiger partial charge is 0.353 e. The third-order valence-electron chi connectivity index (χ3n) is 7.27. The average Bonchev–Trinajstić information content (AvgIpc) is 3.70. The van der Waals surface area contributed by atoms with Crippen LogP contribution in [-0.2, 0) is 28.0 Å². The van der Waals surface area contributed by atoms with Gasteiger partial charge in [-0.3, -0.25) is 13.7 Å². The van der Waals surface area contributed by atoms with Gasteiger partial charge in [-0.15, -0.1) is 0 Å². The Morgan fingerprint density at radius 1 is 0.780 bits per heavy atom. The lowest BCUT2D eigenvalue weighted by atomic mass is 10.1. The van der Waals surface area contributed by atoms with Crippen molar-refractivity contribution in [3.8, 4) is 0 Å². The van der Waals surface area contributed by atoms with E-state index < -0.39 is 69.6 Å². The summed E-state index contributed by atoms with van der Waals surface area (Å²) >= 11 is 0. The predicted octanol–water partition coefficient (Wildman–Crippen LogP) is -1.71. The minimum Gasteiger partial charge on any atom is -0.387 e. The van der Waals surface area contributed by atoms with Crippen LogP contribution in [0.25, 0.3) is 22.3 Å². The average molecular weight is 592 g/mol. The molecule has 0 aliphatic carbocycles. The van der Waals surface area contributed by atoms with Gasteiger partial charge in [0.25, 0.3) is 0 Å². The minimum absolute atomic E-state index is 0.138. The molecule has 41 heavy (non-hydrogen) atoms. The summed E-state index contributed by atoms with van der Waals surface area (Å²) < 4.78 is 45.0. The highest BCUT2D eigenvalue weighted by atomic mass is 31.2. The highest BCUT2D eigenvalue weighted by molar-refractivity contribution is 7.52. The number of nitrogen functional groups attached to an aromatic ring is 2. The molecule has 7 rings (SSSR count). The number of rotatable bonds is 2. The second-order valence-corrected chi connectivity index (χ2v) is 11.6. The number of aromatic nitrogens is 8. The first-order valence-corrected chi connectivity index (χ1v) is 14.2. The number of nitrogens with two attached hydrogens (primary N) is 2. The molecule has 3 saturated heterocycles. The van der Waals surface area contributed by atoms with Crippen molar-refractivity contribution >= 4 is 41.6 Å². The number of fused-ring (bicyclic) bond motifs is 5. The number of aliphatic hydroxyl groups excluding tert-OH is 2. The lowest BCUT2D eigenvalue weighted by Gasteiger charge is -2.26. The van der Waals surface area contributed by atoms with Crippen molar-refractivity contribution in [2.75, 3.05) is 31.0 Å². The molecule has 7 heterocycles. The Kier molecular flexibility index (Phi) is 6.38. The molecule has 0 saturated carbocycles. The Hall–Kier alpha value is -3.39. The summed E-state index contributed by atoms with van der Waals surface area (Å²) in [5.41, 5.74) is 13.0. The highest BCUT2D eigenvalue weighted by Crippen LogP contribution is 2.46. The molecule has 9 unspecified atom stereocenters. The number of ether oxygens (including phenoxy) is 4. The molecule has 4 aromatic rings. The lowest BCUT2D eigenvalue weighted by molar-refractivity contribution is -0.109. The van der Waals surface area contributed by atoms with E-state index in [2.05, 4.69) is 29.9 Å². The van der Waals surface area contributed by atoms with E-state index in [9.17, 15) is 19.7 Å². The van der Waals surface area contributed by atoms with Gasteiger partial charge in [-0.25, -0.2) is 29.9 Å². The van der Waals surface area contributed by atoms with E-state index in [-0.39, 0.29) is 18.2 Å². The fourth-order valence-corrected chi connectivity index (χ4v) is 6.09. The normalized spacial score (nSPS) is 36.3. The number of hydrogen-bond acceptors (Lipinski definition) is 16. The Balaban J connectivity index is 1.19. The maximum absolute atomic E-state index is 12.9. The van der Waals surface area contributed by atoms with Gasteiger partial charge in [-0.1, -0.05) is 0 Å². The van der Waals surface area contributed by atoms with Crippen molar-refractivity contribution in [2.45, 2.75) is 49.1 Å². The Bertz CT molecular complexity index is 1650. The van der Waals surface area contributed by atoms with Crippen molar-refractivity contribution in [1.82, 2.24) is 39.0 Å². The molecule has 3 fully saturated rings. The molecule has 4 aromatic heterocycles. The first-order valence-electron chi connectivity index (χ1n) is 12.4. The molecule has 218 valence electrons. The SMILES string of the molecule is Nc1ncnc2c1ncn2C1OC2COP(=O)(O)COC3C(O)C(COC2C1O)OC3n1cnc2c(N)ncnc21. The summed E-state index contributed by atoms with van der Waals surface area (Å²) in [6.45, 7) is -0.615. The van der Waals surface area contributed by atoms with Crippen LogP contribution in [0.3, 0.4) is 0 Å². The number of hydrogen-bond donors (Lipinski definition) is 5. The number of nitrogens with zero attached hydrogens (tertiary/aromatic N) is 8. The van der Waals surface area contributed by atoms with Crippen LogP contribution in [0.5, 0.6) is 0 Å². The van der Waals surface area contributed by atoms with E-state index in [4.69, 9.17) is 34.9 Å². The second-order valence-electron chi connectivity index (χ2n) is 9.77. The maximum Gasteiger partial charge on any atom is 0.353 e. The molecule has 3 aliphatic rings. The van der Waals surface area contributed by atoms with Gasteiger partial charge in [-0.2, -0.15) is 0 Å². The van der Waals surface area contributed by atoms with Gasteiger partial charge in [0.1, 0.15) is 66.7 Å². The standard InChI is InChI=1S/C21H25N10O9P/c22-16-10-18(26-3-24-16)30(5-28-10)20-13(33)14-9(40-20)2-38-41(34,35)7-37-15-12(32)8(1-36-14)39-21(15)31-6-29-11-17(23)25-4-27-19(11)31/h3-6,8-9,12-15,20-21,32-33H,1-2,7H2,(H,34,35)(H2,22,24,26)(H2,23,25,27). The molecule has 2 bridgehead atoms. The zero-order chi connectivity index (χ0) is 28.5. The largest absolute Gasteiger partial charge is 0.387 e. The van der Waals surface area contributed by atoms with Gasteiger partial charge < -0.3 is 50.0 Å². The van der Waals surface area contributed by atoms with E-state index in [1.165, 1.54) is 34.4 Å². The van der Waals surface area contributed by atoms with E-state index in [1.54, 1.807) is 0 Å². The Labute approximate surface area is 229 Å². The third kappa shape index (κ3) is 4.42. The molecule has 9 atom stereocenters. The van der Waals surface area contributed by atoms with Crippen LogP contribution in [0.15, 0.2) is 25.3 Å². The number of imidazole rings is 2. The lowest BCUT2D eigenvalue weighted by Crippen LogP contribution is -2.42. The van der Waals surface area contributed by atoms with E-state index in [0.29, 0.717) is 22.3 Å². The first-order chi connectivity index (χ1) is 19.7. The van der Waals surface area contributed by atoms with Crippen LogP contribution in [0.4, 0.5) is 11.6 Å². The maximum atomic E-state index is 12.9. The molecule has 3 aliphatic heterocycles. The van der Waals surface area contributed by atoms with E-state index in [1.807, 2.05) is 0 Å². The monoisotopic (exact) mass is 592 g/mol. The van der Waals surface area contributed by atoms with Crippen LogP contribution in [-0.4, -0.2) is 110 Å². The first kappa shape index (κ1) is 26.5. The molecule has 20 heteroatoms. The molecule has 0 amide bonds. The van der Waals surface area contributed by atoms with Gasteiger partial charge in [0.05, 0.1) is 25.9 Å². The van der Waals surface area contributed by atoms with E-state index >= 15 is 0 Å². The van der Waals surface area contributed by atoms with Gasteiger partial charge in [0.2, 0.25) is 0 Å². The fourth-order valence-electron chi connectivity index (χ4n) is 5.28. The third-order valence-corrected chi connectivity index (χ3v) is 8.30. The zero-order valence-electron chi connectivity index (χ0n) is 21.0. The Morgan fingerprint density at radius 3 is 2.05 bits per heavy atom. The van der Waals surface area contributed by atoms with Crippen LogP contribution in [0.2, 0.25) is 0 Å². The van der Waals surface area contributed by atoms with Crippen molar-refractivity contribution in [1.29, 1.82) is 0 Å². The fraction of sp³-hybridized carbons (Fsp3) is 0.524. The van der Waals surface area contributed by atoms with Crippen molar-refractivity contribution in [2.24, 2.45) is 0 Å². The molecule has 0 spiro atoms. The molecule has 7 N–H and O–H groups in total. The molecule has 0 aromatic carbocycles. The van der Waals surface area contributed by atoms with Crippen molar-refractivity contribution in [3.05, 3.63) is 25.3 Å². The van der Waals surface area contributed by atoms with Gasteiger partial charge >= 0.3 is 7.60 Å². The van der Waals surface area contributed by atoms with Crippen molar-refractivity contribution in [3.63, 3.8) is 0 Å². The molecule has 0 radical (unpaired) electrons. The minimum atomic E-state index is -4.38. The van der Waals surface area contributed by atoms with Gasteiger partial charge in [0.15, 0.2) is 35.4 Å². The summed E-state index contributed by atoms with van der Waals surface area (Å²) in [6, 6.07) is 0. The second kappa shape index (κ2) is 9.86. The molecular formula is C21H25N10O9P.